The van der Waals surface area contributed by atoms with Gasteiger partial charge >= 0.3 is 0 Å². The van der Waals surface area contributed by atoms with Gasteiger partial charge in [-0.25, -0.2) is 13.1 Å². The molecule has 1 fully saturated rings. The van der Waals surface area contributed by atoms with E-state index < -0.39 is 10.0 Å². The third kappa shape index (κ3) is 3.57. The summed E-state index contributed by atoms with van der Waals surface area (Å²) in [7, 11) is -1.44. The molecule has 112 valence electrons. The molecule has 1 aromatic heterocycles. The van der Waals surface area contributed by atoms with Crippen LogP contribution in [0.5, 0.6) is 0 Å². The van der Waals surface area contributed by atoms with E-state index in [9.17, 15) is 13.2 Å². The van der Waals surface area contributed by atoms with Gasteiger partial charge in [-0.2, -0.15) is 5.10 Å². The smallest absolute Gasteiger partial charge is 0.272 e. The lowest BCUT2D eigenvalue weighted by Gasteiger charge is -2.31. The first-order valence-electron chi connectivity index (χ1n) is 6.53. The van der Waals surface area contributed by atoms with Crippen molar-refractivity contribution in [2.45, 2.75) is 25.8 Å². The van der Waals surface area contributed by atoms with E-state index in [1.165, 1.54) is 0 Å². The Morgan fingerprint density at radius 3 is 2.45 bits per heavy atom. The van der Waals surface area contributed by atoms with E-state index in [-0.39, 0.29) is 11.9 Å². The number of hydrogen-bond acceptors (Lipinski definition) is 4. The maximum absolute atomic E-state index is 12.4. The molecule has 0 aromatic carbocycles. The summed E-state index contributed by atoms with van der Waals surface area (Å²) in [5, 5.41) is 4.17. The summed E-state index contributed by atoms with van der Waals surface area (Å²) >= 11 is 0. The predicted molar refractivity (Wildman–Crippen MR) is 74.9 cm³/mol. The SMILES string of the molecule is Cc1cc(C(=O)N2CCC(NS(C)(=O)=O)CC2)n(C)n1. The standard InChI is InChI=1S/C12H20N4O3S/c1-9-8-11(15(2)13-9)12(17)16-6-4-10(5-7-16)14-20(3,18)19/h8,10,14H,4-7H2,1-3H3. The van der Waals surface area contributed by atoms with E-state index in [0.29, 0.717) is 31.6 Å². The highest BCUT2D eigenvalue weighted by Crippen LogP contribution is 2.15. The van der Waals surface area contributed by atoms with Crippen LogP contribution < -0.4 is 4.72 Å². The first-order valence-corrected chi connectivity index (χ1v) is 8.42. The summed E-state index contributed by atoms with van der Waals surface area (Å²) in [6.07, 6.45) is 2.42. The number of aryl methyl sites for hydroxylation is 2. The second-order valence-electron chi connectivity index (χ2n) is 5.25. The molecule has 1 aromatic rings. The van der Waals surface area contributed by atoms with Crippen molar-refractivity contribution in [3.8, 4) is 0 Å². The van der Waals surface area contributed by atoms with Gasteiger partial charge in [0.1, 0.15) is 5.69 Å². The van der Waals surface area contributed by atoms with Gasteiger partial charge in [0.2, 0.25) is 10.0 Å². The molecule has 1 amide bonds. The molecule has 8 heteroatoms. The fourth-order valence-electron chi connectivity index (χ4n) is 2.48. The lowest BCUT2D eigenvalue weighted by Crippen LogP contribution is -2.46. The molecular formula is C12H20N4O3S. The van der Waals surface area contributed by atoms with Crippen LogP contribution in [-0.4, -0.2) is 54.4 Å². The third-order valence-electron chi connectivity index (χ3n) is 3.38. The molecule has 2 rings (SSSR count). The summed E-state index contributed by atoms with van der Waals surface area (Å²) in [6, 6.07) is 1.69. The molecule has 0 radical (unpaired) electrons. The minimum atomic E-state index is -3.18. The Hall–Kier alpha value is -1.41. The molecule has 1 aliphatic heterocycles. The average molecular weight is 300 g/mol. The molecule has 1 aliphatic rings. The van der Waals surface area contributed by atoms with E-state index >= 15 is 0 Å². The third-order valence-corrected chi connectivity index (χ3v) is 4.15. The summed E-state index contributed by atoms with van der Waals surface area (Å²) < 4.78 is 26.5. The molecule has 2 heterocycles. The van der Waals surface area contributed by atoms with Crippen LogP contribution in [0.2, 0.25) is 0 Å². The zero-order valence-corrected chi connectivity index (χ0v) is 12.8. The Kier molecular flexibility index (Phi) is 4.14. The van der Waals surface area contributed by atoms with Gasteiger partial charge in [-0.1, -0.05) is 0 Å². The lowest BCUT2D eigenvalue weighted by molar-refractivity contribution is 0.0700. The maximum atomic E-state index is 12.4. The van der Waals surface area contributed by atoms with Crippen LogP contribution in [0.4, 0.5) is 0 Å². The number of carbonyl (C=O) groups is 1. The number of likely N-dealkylation sites (tertiary alicyclic amines) is 1. The number of aromatic nitrogens is 2. The van der Waals surface area contributed by atoms with Crippen LogP contribution in [0, 0.1) is 6.92 Å². The molecule has 20 heavy (non-hydrogen) atoms. The lowest BCUT2D eigenvalue weighted by atomic mass is 10.1. The Bertz CT molecular complexity index is 600. The van der Waals surface area contributed by atoms with Gasteiger partial charge in [-0.05, 0) is 25.8 Å². The molecular weight excluding hydrogens is 280 g/mol. The fraction of sp³-hybridized carbons (Fsp3) is 0.667. The van der Waals surface area contributed by atoms with E-state index in [1.54, 1.807) is 22.7 Å². The van der Waals surface area contributed by atoms with Crippen molar-refractivity contribution in [2.24, 2.45) is 7.05 Å². The van der Waals surface area contributed by atoms with Gasteiger partial charge in [0.25, 0.3) is 5.91 Å². The Morgan fingerprint density at radius 1 is 1.40 bits per heavy atom. The molecule has 0 saturated carbocycles. The number of piperidine rings is 1. The van der Waals surface area contributed by atoms with Gasteiger partial charge in [-0.15, -0.1) is 0 Å². The van der Waals surface area contributed by atoms with Crippen molar-refractivity contribution in [3.63, 3.8) is 0 Å². The fourth-order valence-corrected chi connectivity index (χ4v) is 3.32. The quantitative estimate of drug-likeness (QED) is 0.843. The number of nitrogens with zero attached hydrogens (tertiary/aromatic N) is 3. The van der Waals surface area contributed by atoms with Gasteiger partial charge in [0.15, 0.2) is 0 Å². The highest BCUT2D eigenvalue weighted by atomic mass is 32.2. The van der Waals surface area contributed by atoms with Crippen molar-refractivity contribution in [2.75, 3.05) is 19.3 Å². The van der Waals surface area contributed by atoms with Crippen molar-refractivity contribution < 1.29 is 13.2 Å². The summed E-state index contributed by atoms with van der Waals surface area (Å²) in [5.74, 6) is -0.0501. The second-order valence-corrected chi connectivity index (χ2v) is 7.03. The molecule has 0 atom stereocenters. The number of carbonyl (C=O) groups excluding carboxylic acids is 1. The molecule has 0 unspecified atom stereocenters. The minimum absolute atomic E-state index is 0.0501. The van der Waals surface area contributed by atoms with Crippen LogP contribution in [0.25, 0.3) is 0 Å². The average Bonchev–Trinajstić information content (AvgIpc) is 2.66. The van der Waals surface area contributed by atoms with E-state index in [2.05, 4.69) is 9.82 Å². The minimum Gasteiger partial charge on any atom is -0.337 e. The Labute approximate surface area is 119 Å². The zero-order valence-electron chi connectivity index (χ0n) is 12.0. The summed E-state index contributed by atoms with van der Waals surface area (Å²) in [6.45, 7) is 2.95. The number of rotatable bonds is 3. The van der Waals surface area contributed by atoms with Gasteiger partial charge < -0.3 is 4.90 Å². The van der Waals surface area contributed by atoms with Crippen LogP contribution in [-0.2, 0) is 17.1 Å². The molecule has 0 aliphatic carbocycles. The molecule has 7 nitrogen and oxygen atoms in total. The van der Waals surface area contributed by atoms with E-state index in [4.69, 9.17) is 0 Å². The number of sulfonamides is 1. The number of amides is 1. The topological polar surface area (TPSA) is 84.3 Å². The monoisotopic (exact) mass is 300 g/mol. The molecule has 1 N–H and O–H groups in total. The first kappa shape index (κ1) is 15.0. The first-order chi connectivity index (χ1) is 9.26. The predicted octanol–water partition coefficient (Wildman–Crippen LogP) is -0.118. The Balaban J connectivity index is 1.97. The normalized spacial score (nSPS) is 17.4. The van der Waals surface area contributed by atoms with Gasteiger partial charge in [0, 0.05) is 26.2 Å². The Morgan fingerprint density at radius 2 is 2.00 bits per heavy atom. The van der Waals surface area contributed by atoms with Crippen LogP contribution in [0.15, 0.2) is 6.07 Å². The van der Waals surface area contributed by atoms with E-state index in [1.807, 2.05) is 6.92 Å². The van der Waals surface area contributed by atoms with Gasteiger partial charge in [-0.3, -0.25) is 9.48 Å². The van der Waals surface area contributed by atoms with Crippen molar-refractivity contribution in [1.82, 2.24) is 19.4 Å². The summed E-state index contributed by atoms with van der Waals surface area (Å²) in [5.41, 5.74) is 1.38. The van der Waals surface area contributed by atoms with Crippen LogP contribution in [0.3, 0.4) is 0 Å². The van der Waals surface area contributed by atoms with Crippen molar-refractivity contribution in [1.29, 1.82) is 0 Å². The van der Waals surface area contributed by atoms with Crippen LogP contribution >= 0.6 is 0 Å². The van der Waals surface area contributed by atoms with Gasteiger partial charge in [0.05, 0.1) is 11.9 Å². The maximum Gasteiger partial charge on any atom is 0.272 e. The highest BCUT2D eigenvalue weighted by molar-refractivity contribution is 7.88. The molecule has 0 bridgehead atoms. The number of hydrogen-bond donors (Lipinski definition) is 1. The van der Waals surface area contributed by atoms with Crippen molar-refractivity contribution >= 4 is 15.9 Å². The number of nitrogens with one attached hydrogen (secondary N) is 1. The zero-order chi connectivity index (χ0) is 14.9. The van der Waals surface area contributed by atoms with Crippen molar-refractivity contribution in [3.05, 3.63) is 17.5 Å². The van der Waals surface area contributed by atoms with Crippen LogP contribution in [0.1, 0.15) is 29.0 Å². The summed E-state index contributed by atoms with van der Waals surface area (Å²) in [4.78, 5) is 14.1. The molecule has 1 saturated heterocycles. The highest BCUT2D eigenvalue weighted by Gasteiger charge is 2.26. The van der Waals surface area contributed by atoms with E-state index in [0.717, 1.165) is 11.9 Å². The largest absolute Gasteiger partial charge is 0.337 e. The second kappa shape index (κ2) is 5.53. The molecule has 0 spiro atoms.